The second kappa shape index (κ2) is 6.23. The third kappa shape index (κ3) is 3.69. The normalized spacial score (nSPS) is 14.4. The number of rotatable bonds is 4. The van der Waals surface area contributed by atoms with Gasteiger partial charge >= 0.3 is 0 Å². The highest BCUT2D eigenvalue weighted by Crippen LogP contribution is 2.39. The van der Waals surface area contributed by atoms with Crippen molar-refractivity contribution in [3.05, 3.63) is 51.9 Å². The molecule has 0 spiro atoms. The van der Waals surface area contributed by atoms with Crippen molar-refractivity contribution in [2.24, 2.45) is 5.73 Å². The Bertz CT molecular complexity index is 568. The molecule has 0 saturated heterocycles. The fourth-order valence-electron chi connectivity index (χ4n) is 1.73. The van der Waals surface area contributed by atoms with E-state index >= 15 is 0 Å². The average molecular weight is 316 g/mol. The maximum Gasteiger partial charge on any atom is 0.119 e. The molecule has 19 heavy (non-hydrogen) atoms. The molecule has 2 aromatic rings. The quantitative estimate of drug-likeness (QED) is 0.800. The predicted molar refractivity (Wildman–Crippen MR) is 82.2 cm³/mol. The SMILES string of the molecule is Cc1ccc(C(Sc2ccc(Cl)c(Cl)c2)C(C)N)o1. The first kappa shape index (κ1) is 14.8. The molecular formula is C14H15Cl2NOS. The molecule has 2 atom stereocenters. The van der Waals surface area contributed by atoms with Crippen molar-refractivity contribution in [1.82, 2.24) is 0 Å². The Balaban J connectivity index is 2.23. The van der Waals surface area contributed by atoms with Crippen molar-refractivity contribution in [3.8, 4) is 0 Å². The number of aryl methyl sites for hydroxylation is 1. The molecule has 0 amide bonds. The summed E-state index contributed by atoms with van der Waals surface area (Å²) in [7, 11) is 0. The molecule has 0 aliphatic heterocycles. The summed E-state index contributed by atoms with van der Waals surface area (Å²) in [6.45, 7) is 3.89. The van der Waals surface area contributed by atoms with E-state index in [1.54, 1.807) is 17.8 Å². The lowest BCUT2D eigenvalue weighted by Crippen LogP contribution is -2.22. The first-order valence-electron chi connectivity index (χ1n) is 5.91. The summed E-state index contributed by atoms with van der Waals surface area (Å²) in [5.41, 5.74) is 6.05. The maximum absolute atomic E-state index is 6.05. The van der Waals surface area contributed by atoms with Gasteiger partial charge in [0.15, 0.2) is 0 Å². The van der Waals surface area contributed by atoms with Crippen molar-refractivity contribution in [2.75, 3.05) is 0 Å². The Morgan fingerprint density at radius 2 is 1.89 bits per heavy atom. The third-order valence-corrected chi connectivity index (χ3v) is 4.85. The van der Waals surface area contributed by atoms with Crippen LogP contribution in [0.4, 0.5) is 0 Å². The van der Waals surface area contributed by atoms with E-state index in [4.69, 9.17) is 33.4 Å². The van der Waals surface area contributed by atoms with Gasteiger partial charge in [0.05, 0.1) is 15.3 Å². The minimum atomic E-state index is -0.0370. The van der Waals surface area contributed by atoms with E-state index in [0.29, 0.717) is 10.0 Å². The summed E-state index contributed by atoms with van der Waals surface area (Å²) in [6, 6.07) is 9.44. The topological polar surface area (TPSA) is 39.2 Å². The standard InChI is InChI=1S/C14H15Cl2NOS/c1-8-3-6-13(18-8)14(9(2)17)19-10-4-5-11(15)12(16)7-10/h3-7,9,14H,17H2,1-2H3. The van der Waals surface area contributed by atoms with E-state index in [0.717, 1.165) is 16.4 Å². The predicted octanol–water partition coefficient (Wildman–Crippen LogP) is 5.08. The van der Waals surface area contributed by atoms with Crippen LogP contribution in [-0.4, -0.2) is 6.04 Å². The van der Waals surface area contributed by atoms with Gasteiger partial charge in [-0.3, -0.25) is 0 Å². The van der Waals surface area contributed by atoms with Crippen LogP contribution in [0.5, 0.6) is 0 Å². The van der Waals surface area contributed by atoms with Gasteiger partial charge in [0, 0.05) is 10.9 Å². The minimum Gasteiger partial charge on any atom is -0.465 e. The Morgan fingerprint density at radius 3 is 2.42 bits per heavy atom. The molecule has 2 N–H and O–H groups in total. The number of thioether (sulfide) groups is 1. The van der Waals surface area contributed by atoms with Crippen LogP contribution >= 0.6 is 35.0 Å². The van der Waals surface area contributed by atoms with Crippen LogP contribution < -0.4 is 5.73 Å². The van der Waals surface area contributed by atoms with E-state index in [1.807, 2.05) is 38.1 Å². The zero-order valence-corrected chi connectivity index (χ0v) is 13.0. The van der Waals surface area contributed by atoms with Gasteiger partial charge in [-0.1, -0.05) is 23.2 Å². The van der Waals surface area contributed by atoms with Crippen molar-refractivity contribution < 1.29 is 4.42 Å². The largest absolute Gasteiger partial charge is 0.465 e. The van der Waals surface area contributed by atoms with Gasteiger partial charge < -0.3 is 10.2 Å². The smallest absolute Gasteiger partial charge is 0.119 e. The highest BCUT2D eigenvalue weighted by molar-refractivity contribution is 7.99. The van der Waals surface area contributed by atoms with Crippen molar-refractivity contribution in [2.45, 2.75) is 30.0 Å². The van der Waals surface area contributed by atoms with E-state index in [9.17, 15) is 0 Å². The van der Waals surface area contributed by atoms with Gasteiger partial charge in [0.1, 0.15) is 11.5 Å². The molecule has 1 aromatic heterocycles. The molecule has 0 bridgehead atoms. The highest BCUT2D eigenvalue weighted by Gasteiger charge is 2.21. The fourth-order valence-corrected chi connectivity index (χ4v) is 3.17. The van der Waals surface area contributed by atoms with Crippen LogP contribution in [0.3, 0.4) is 0 Å². The van der Waals surface area contributed by atoms with Crippen LogP contribution in [0.1, 0.15) is 23.7 Å². The molecule has 0 aliphatic carbocycles. The van der Waals surface area contributed by atoms with E-state index < -0.39 is 0 Å². The van der Waals surface area contributed by atoms with Crippen molar-refractivity contribution >= 4 is 35.0 Å². The molecule has 102 valence electrons. The fraction of sp³-hybridized carbons (Fsp3) is 0.286. The lowest BCUT2D eigenvalue weighted by molar-refractivity contribution is 0.465. The highest BCUT2D eigenvalue weighted by atomic mass is 35.5. The van der Waals surface area contributed by atoms with E-state index in [2.05, 4.69) is 0 Å². The summed E-state index contributed by atoms with van der Waals surface area (Å²) < 4.78 is 5.67. The number of nitrogens with two attached hydrogens (primary N) is 1. The molecule has 5 heteroatoms. The van der Waals surface area contributed by atoms with Gasteiger partial charge in [-0.05, 0) is 44.2 Å². The molecular weight excluding hydrogens is 301 g/mol. The van der Waals surface area contributed by atoms with Crippen LogP contribution in [-0.2, 0) is 0 Å². The summed E-state index contributed by atoms with van der Waals surface area (Å²) >= 11 is 13.6. The zero-order valence-electron chi connectivity index (χ0n) is 10.7. The first-order valence-corrected chi connectivity index (χ1v) is 7.54. The summed E-state index contributed by atoms with van der Waals surface area (Å²) in [4.78, 5) is 1.02. The Morgan fingerprint density at radius 1 is 1.16 bits per heavy atom. The monoisotopic (exact) mass is 315 g/mol. The number of hydrogen-bond donors (Lipinski definition) is 1. The Hall–Kier alpha value is -0.610. The molecule has 1 heterocycles. The van der Waals surface area contributed by atoms with Crippen molar-refractivity contribution in [3.63, 3.8) is 0 Å². The summed E-state index contributed by atoms with van der Waals surface area (Å²) in [5.74, 6) is 1.76. The van der Waals surface area contributed by atoms with Gasteiger partial charge in [0.2, 0.25) is 0 Å². The number of halogens is 2. The number of hydrogen-bond acceptors (Lipinski definition) is 3. The molecule has 0 aliphatic rings. The summed E-state index contributed by atoms with van der Waals surface area (Å²) in [5, 5.41) is 1.15. The average Bonchev–Trinajstić information content (AvgIpc) is 2.76. The minimum absolute atomic E-state index is 0.0370. The zero-order chi connectivity index (χ0) is 14.0. The van der Waals surface area contributed by atoms with Crippen LogP contribution in [0.25, 0.3) is 0 Å². The lowest BCUT2D eigenvalue weighted by Gasteiger charge is -2.18. The Labute approximate surface area is 127 Å². The number of furan rings is 1. The lowest BCUT2D eigenvalue weighted by atomic mass is 10.2. The van der Waals surface area contributed by atoms with Crippen LogP contribution in [0, 0.1) is 6.92 Å². The van der Waals surface area contributed by atoms with Crippen molar-refractivity contribution in [1.29, 1.82) is 0 Å². The third-order valence-electron chi connectivity index (χ3n) is 2.67. The molecule has 2 unspecified atom stereocenters. The molecule has 0 radical (unpaired) electrons. The van der Waals surface area contributed by atoms with Crippen LogP contribution in [0.2, 0.25) is 10.0 Å². The van der Waals surface area contributed by atoms with Gasteiger partial charge in [-0.2, -0.15) is 0 Å². The van der Waals surface area contributed by atoms with Crippen LogP contribution in [0.15, 0.2) is 39.6 Å². The summed E-state index contributed by atoms with van der Waals surface area (Å²) in [6.07, 6.45) is 0. The molecule has 2 rings (SSSR count). The van der Waals surface area contributed by atoms with Gasteiger partial charge in [-0.15, -0.1) is 11.8 Å². The second-order valence-electron chi connectivity index (χ2n) is 4.42. The van der Waals surface area contributed by atoms with Gasteiger partial charge in [0.25, 0.3) is 0 Å². The molecule has 0 saturated carbocycles. The molecule has 1 aromatic carbocycles. The van der Waals surface area contributed by atoms with E-state index in [-0.39, 0.29) is 11.3 Å². The Kier molecular flexibility index (Phi) is 4.85. The first-order chi connectivity index (χ1) is 8.97. The van der Waals surface area contributed by atoms with Gasteiger partial charge in [-0.25, -0.2) is 0 Å². The number of benzene rings is 1. The maximum atomic E-state index is 6.05. The second-order valence-corrected chi connectivity index (χ2v) is 6.45. The van der Waals surface area contributed by atoms with E-state index in [1.165, 1.54) is 0 Å². The molecule has 0 fully saturated rings. The molecule has 2 nitrogen and oxygen atoms in total.